The topological polar surface area (TPSA) is 79.9 Å². The molecule has 0 amide bonds. The summed E-state index contributed by atoms with van der Waals surface area (Å²) in [6, 6.07) is 2.39. The molecule has 100 valence electrons. The molecule has 1 aromatic heterocycles. The van der Waals surface area contributed by atoms with E-state index in [0.29, 0.717) is 5.56 Å². The quantitative estimate of drug-likeness (QED) is 0.829. The van der Waals surface area contributed by atoms with Crippen molar-refractivity contribution in [1.29, 1.82) is 0 Å². The Labute approximate surface area is 109 Å². The molecule has 0 unspecified atom stereocenters. The molecular weight excluding hydrogens is 248 g/mol. The van der Waals surface area contributed by atoms with Crippen LogP contribution in [0.5, 0.6) is 11.5 Å². The van der Waals surface area contributed by atoms with Crippen molar-refractivity contribution >= 4 is 17.0 Å². The summed E-state index contributed by atoms with van der Waals surface area (Å²) in [5.74, 6) is -0.682. The van der Waals surface area contributed by atoms with Gasteiger partial charge in [0, 0.05) is 13.2 Å². The predicted octanol–water partition coefficient (Wildman–Crippen LogP) is 2.25. The Morgan fingerprint density at radius 3 is 2.68 bits per heavy atom. The summed E-state index contributed by atoms with van der Waals surface area (Å²) in [5.41, 5.74) is 0.287. The minimum Gasteiger partial charge on any atom is -0.504 e. The van der Waals surface area contributed by atoms with Gasteiger partial charge in [0.2, 0.25) is 0 Å². The van der Waals surface area contributed by atoms with E-state index in [-0.39, 0.29) is 34.0 Å². The lowest BCUT2D eigenvalue weighted by molar-refractivity contribution is 0.157. The van der Waals surface area contributed by atoms with Crippen molar-refractivity contribution in [3.05, 3.63) is 40.3 Å². The van der Waals surface area contributed by atoms with E-state index in [2.05, 4.69) is 0 Å². The van der Waals surface area contributed by atoms with Crippen LogP contribution in [0.15, 0.2) is 33.7 Å². The number of hydrogen-bond acceptors (Lipinski definition) is 5. The number of hydrogen-bond donors (Lipinski definition) is 2. The van der Waals surface area contributed by atoms with Gasteiger partial charge in [0.15, 0.2) is 16.9 Å². The molecule has 0 saturated heterocycles. The van der Waals surface area contributed by atoms with Gasteiger partial charge >= 0.3 is 0 Å². The average molecular weight is 262 g/mol. The second-order valence-electron chi connectivity index (χ2n) is 4.16. The molecule has 2 rings (SSSR count). The van der Waals surface area contributed by atoms with Gasteiger partial charge < -0.3 is 19.4 Å². The van der Waals surface area contributed by atoms with Crippen LogP contribution in [0, 0.1) is 0 Å². The molecular formula is C14H14O5. The number of methoxy groups -OCH3 is 1. The molecule has 0 spiro atoms. The Morgan fingerprint density at radius 1 is 1.32 bits per heavy atom. The molecule has 5 heteroatoms. The van der Waals surface area contributed by atoms with E-state index in [4.69, 9.17) is 9.15 Å². The van der Waals surface area contributed by atoms with Crippen LogP contribution in [0.1, 0.15) is 12.5 Å². The maximum atomic E-state index is 12.1. The lowest BCUT2D eigenvalue weighted by atomic mass is 10.1. The van der Waals surface area contributed by atoms with E-state index in [1.165, 1.54) is 18.4 Å². The van der Waals surface area contributed by atoms with Crippen molar-refractivity contribution in [1.82, 2.24) is 0 Å². The fraction of sp³-hybridized carbons (Fsp3) is 0.214. The molecule has 2 N–H and O–H groups in total. The normalized spacial score (nSPS) is 13.2. The van der Waals surface area contributed by atoms with E-state index in [1.54, 1.807) is 19.3 Å². The molecule has 1 heterocycles. The Balaban J connectivity index is 2.55. The van der Waals surface area contributed by atoms with Gasteiger partial charge in [-0.3, -0.25) is 4.79 Å². The maximum absolute atomic E-state index is 12.1. The number of aromatic hydroxyl groups is 2. The third-order valence-electron chi connectivity index (χ3n) is 2.82. The molecule has 0 radical (unpaired) electrons. The van der Waals surface area contributed by atoms with E-state index in [0.717, 1.165) is 0 Å². The van der Waals surface area contributed by atoms with Crippen LogP contribution in [0.4, 0.5) is 0 Å². The average Bonchev–Trinajstić information content (AvgIpc) is 2.40. The van der Waals surface area contributed by atoms with Crippen LogP contribution in [0.25, 0.3) is 17.0 Å². The smallest absolute Gasteiger partial charge is 0.200 e. The zero-order valence-corrected chi connectivity index (χ0v) is 10.6. The summed E-state index contributed by atoms with van der Waals surface area (Å²) in [6.07, 6.45) is 4.50. The van der Waals surface area contributed by atoms with E-state index < -0.39 is 0 Å². The van der Waals surface area contributed by atoms with Gasteiger partial charge in [-0.2, -0.15) is 0 Å². The molecule has 2 aromatic rings. The Kier molecular flexibility index (Phi) is 3.57. The monoisotopic (exact) mass is 262 g/mol. The Hall–Kier alpha value is -2.27. The number of ether oxygens (including phenoxy) is 1. The number of rotatable bonds is 3. The van der Waals surface area contributed by atoms with Crippen molar-refractivity contribution in [2.24, 2.45) is 0 Å². The summed E-state index contributed by atoms with van der Waals surface area (Å²) < 4.78 is 10.3. The molecule has 0 bridgehead atoms. The molecule has 19 heavy (non-hydrogen) atoms. The fourth-order valence-electron chi connectivity index (χ4n) is 1.60. The lowest BCUT2D eigenvalue weighted by Gasteiger charge is -2.03. The van der Waals surface area contributed by atoms with Crippen LogP contribution >= 0.6 is 0 Å². The van der Waals surface area contributed by atoms with Crippen molar-refractivity contribution in [2.45, 2.75) is 13.0 Å². The molecule has 1 atom stereocenters. The SMILES string of the molecule is CO[C@@H](C)C=Cc1coc2cc(O)c(O)cc2c1=O. The van der Waals surface area contributed by atoms with E-state index in [1.807, 2.05) is 6.92 Å². The van der Waals surface area contributed by atoms with Crippen molar-refractivity contribution in [3.8, 4) is 11.5 Å². The highest BCUT2D eigenvalue weighted by molar-refractivity contribution is 5.82. The van der Waals surface area contributed by atoms with Gasteiger partial charge in [-0.05, 0) is 19.1 Å². The second kappa shape index (κ2) is 5.16. The summed E-state index contributed by atoms with van der Waals surface area (Å²) in [6.45, 7) is 1.84. The Morgan fingerprint density at radius 2 is 2.00 bits per heavy atom. The van der Waals surface area contributed by atoms with Crippen LogP contribution in [0.3, 0.4) is 0 Å². The first kappa shape index (κ1) is 13.2. The molecule has 0 fully saturated rings. The van der Waals surface area contributed by atoms with Crippen LogP contribution in [-0.4, -0.2) is 23.4 Å². The number of phenols is 2. The zero-order chi connectivity index (χ0) is 14.0. The van der Waals surface area contributed by atoms with Gasteiger partial charge in [0.1, 0.15) is 11.8 Å². The highest BCUT2D eigenvalue weighted by atomic mass is 16.5. The van der Waals surface area contributed by atoms with Crippen molar-refractivity contribution < 1.29 is 19.4 Å². The van der Waals surface area contributed by atoms with Gasteiger partial charge in [-0.25, -0.2) is 0 Å². The van der Waals surface area contributed by atoms with Crippen molar-refractivity contribution in [2.75, 3.05) is 7.11 Å². The predicted molar refractivity (Wildman–Crippen MR) is 71.3 cm³/mol. The first-order valence-electron chi connectivity index (χ1n) is 5.71. The summed E-state index contributed by atoms with van der Waals surface area (Å²) in [7, 11) is 1.57. The lowest BCUT2D eigenvalue weighted by Crippen LogP contribution is -2.06. The summed E-state index contributed by atoms with van der Waals surface area (Å²) in [4.78, 5) is 12.1. The molecule has 0 saturated carbocycles. The number of fused-ring (bicyclic) bond motifs is 1. The summed E-state index contributed by atoms with van der Waals surface area (Å²) >= 11 is 0. The molecule has 0 aliphatic carbocycles. The third-order valence-corrected chi connectivity index (χ3v) is 2.82. The fourth-order valence-corrected chi connectivity index (χ4v) is 1.60. The maximum Gasteiger partial charge on any atom is 0.200 e. The third kappa shape index (κ3) is 2.61. The van der Waals surface area contributed by atoms with Gasteiger partial charge in [-0.15, -0.1) is 0 Å². The zero-order valence-electron chi connectivity index (χ0n) is 10.6. The van der Waals surface area contributed by atoms with Gasteiger partial charge in [0.05, 0.1) is 17.1 Å². The first-order valence-corrected chi connectivity index (χ1v) is 5.71. The standard InChI is InChI=1S/C14H14O5/c1-8(18-2)3-4-9-7-19-13-6-12(16)11(15)5-10(13)14(9)17/h3-8,15-16H,1-2H3/t8-/m0/s1. The first-order chi connectivity index (χ1) is 9.02. The van der Waals surface area contributed by atoms with E-state index in [9.17, 15) is 15.0 Å². The number of benzene rings is 1. The van der Waals surface area contributed by atoms with E-state index >= 15 is 0 Å². The largest absolute Gasteiger partial charge is 0.504 e. The highest BCUT2D eigenvalue weighted by Crippen LogP contribution is 2.28. The van der Waals surface area contributed by atoms with Gasteiger partial charge in [0.25, 0.3) is 0 Å². The highest BCUT2D eigenvalue weighted by Gasteiger charge is 2.09. The van der Waals surface area contributed by atoms with Crippen LogP contribution in [0.2, 0.25) is 0 Å². The second-order valence-corrected chi connectivity index (χ2v) is 4.16. The summed E-state index contributed by atoms with van der Waals surface area (Å²) in [5, 5.41) is 19.0. The number of phenolic OH excluding ortho intramolecular Hbond substituents is 2. The molecule has 0 aliphatic heterocycles. The van der Waals surface area contributed by atoms with Crippen LogP contribution in [-0.2, 0) is 4.74 Å². The molecule has 0 aliphatic rings. The Bertz CT molecular complexity index is 684. The van der Waals surface area contributed by atoms with Crippen LogP contribution < -0.4 is 5.43 Å². The van der Waals surface area contributed by atoms with Gasteiger partial charge in [-0.1, -0.05) is 6.08 Å². The minimum atomic E-state index is -0.355. The molecule has 5 nitrogen and oxygen atoms in total. The minimum absolute atomic E-state index is 0.122. The molecule has 1 aromatic carbocycles. The van der Waals surface area contributed by atoms with Crippen molar-refractivity contribution in [3.63, 3.8) is 0 Å².